The Morgan fingerprint density at radius 3 is 2.80 bits per heavy atom. The van der Waals surface area contributed by atoms with E-state index >= 15 is 0 Å². The van der Waals surface area contributed by atoms with Crippen LogP contribution in [-0.4, -0.2) is 38.6 Å². The van der Waals surface area contributed by atoms with Crippen LogP contribution in [0.15, 0.2) is 22.7 Å². The summed E-state index contributed by atoms with van der Waals surface area (Å²) in [6.45, 7) is -0.308. The summed E-state index contributed by atoms with van der Waals surface area (Å²) in [4.78, 5) is 11.6. The quantitative estimate of drug-likeness (QED) is 0.746. The molecule has 0 aliphatic carbocycles. The maximum Gasteiger partial charge on any atom is 0.344 e. The number of sulfone groups is 1. The zero-order valence-corrected chi connectivity index (χ0v) is 13.5. The molecule has 1 aromatic rings. The van der Waals surface area contributed by atoms with Crippen molar-refractivity contribution in [2.24, 2.45) is 0 Å². The third-order valence-electron chi connectivity index (χ3n) is 2.73. The van der Waals surface area contributed by atoms with Crippen LogP contribution in [0.1, 0.15) is 6.42 Å². The minimum Gasteiger partial charge on any atom is -0.480 e. The van der Waals surface area contributed by atoms with E-state index in [2.05, 4.69) is 15.9 Å². The van der Waals surface area contributed by atoms with Crippen molar-refractivity contribution < 1.29 is 22.7 Å². The van der Waals surface area contributed by atoms with Crippen molar-refractivity contribution in [1.29, 1.82) is 0 Å². The monoisotopic (exact) mass is 382 g/mol. The van der Waals surface area contributed by atoms with Gasteiger partial charge in [0.15, 0.2) is 16.4 Å². The van der Waals surface area contributed by atoms with Crippen molar-refractivity contribution in [2.45, 2.75) is 12.5 Å². The van der Waals surface area contributed by atoms with E-state index in [4.69, 9.17) is 21.1 Å². The summed E-state index contributed by atoms with van der Waals surface area (Å²) in [5.41, 5.74) is 0. The lowest BCUT2D eigenvalue weighted by Crippen LogP contribution is -2.23. The van der Waals surface area contributed by atoms with Gasteiger partial charge in [-0.05, 0) is 24.6 Å². The molecule has 0 saturated carbocycles. The maximum atomic E-state index is 11.6. The lowest BCUT2D eigenvalue weighted by Gasteiger charge is -2.11. The largest absolute Gasteiger partial charge is 0.480 e. The van der Waals surface area contributed by atoms with Gasteiger partial charge in [-0.2, -0.15) is 0 Å². The molecule has 0 unspecified atom stereocenters. The van der Waals surface area contributed by atoms with E-state index in [1.807, 2.05) is 0 Å². The zero-order chi connectivity index (χ0) is 14.8. The molecule has 1 aliphatic rings. The molecule has 0 bridgehead atoms. The summed E-state index contributed by atoms with van der Waals surface area (Å²) in [5.74, 6) is -0.292. The van der Waals surface area contributed by atoms with Crippen molar-refractivity contribution >= 4 is 43.3 Å². The first-order valence-corrected chi connectivity index (χ1v) is 8.83. The third kappa shape index (κ3) is 4.36. The zero-order valence-electron chi connectivity index (χ0n) is 10.3. The second kappa shape index (κ2) is 6.32. The average Bonchev–Trinajstić information content (AvgIpc) is 2.67. The highest BCUT2D eigenvalue weighted by atomic mass is 79.9. The normalized spacial score (nSPS) is 20.6. The van der Waals surface area contributed by atoms with Crippen LogP contribution in [0.2, 0.25) is 5.02 Å². The van der Waals surface area contributed by atoms with Crippen LogP contribution in [0.5, 0.6) is 5.75 Å². The number of esters is 1. The van der Waals surface area contributed by atoms with Crippen molar-refractivity contribution in [3.05, 3.63) is 27.7 Å². The lowest BCUT2D eigenvalue weighted by atomic mass is 10.3. The molecule has 0 radical (unpaired) electrons. The Hall–Kier alpha value is -0.790. The Bertz CT molecular complexity index is 616. The Labute approximate surface area is 130 Å². The molecule has 5 nitrogen and oxygen atoms in total. The Morgan fingerprint density at radius 1 is 1.45 bits per heavy atom. The Morgan fingerprint density at radius 2 is 2.20 bits per heavy atom. The summed E-state index contributed by atoms with van der Waals surface area (Å²) in [5, 5.41) is 0.371. The van der Waals surface area contributed by atoms with Gasteiger partial charge in [0.05, 0.1) is 16.5 Å². The second-order valence-electron chi connectivity index (χ2n) is 4.38. The molecule has 1 aromatic carbocycles. The molecule has 20 heavy (non-hydrogen) atoms. The number of rotatable bonds is 4. The first-order chi connectivity index (χ1) is 9.35. The fourth-order valence-electron chi connectivity index (χ4n) is 1.80. The highest BCUT2D eigenvalue weighted by Gasteiger charge is 2.30. The number of hydrogen-bond donors (Lipinski definition) is 0. The summed E-state index contributed by atoms with van der Waals surface area (Å²) in [6.07, 6.45) is -0.232. The molecule has 1 atom stereocenters. The molecular weight excluding hydrogens is 372 g/mol. The molecule has 0 aromatic heterocycles. The molecule has 110 valence electrons. The summed E-state index contributed by atoms with van der Waals surface area (Å²) in [6, 6.07) is 5.00. The van der Waals surface area contributed by atoms with Gasteiger partial charge >= 0.3 is 5.97 Å². The summed E-state index contributed by atoms with van der Waals surface area (Å²) < 4.78 is 33.5. The first kappa shape index (κ1) is 15.6. The first-order valence-electron chi connectivity index (χ1n) is 5.83. The minimum absolute atomic E-state index is 0.0599. The van der Waals surface area contributed by atoms with Gasteiger partial charge in [-0.15, -0.1) is 0 Å². The Kier molecular flexibility index (Phi) is 4.93. The van der Waals surface area contributed by atoms with Crippen molar-refractivity contribution in [1.82, 2.24) is 0 Å². The second-order valence-corrected chi connectivity index (χ2v) is 7.93. The average molecular weight is 384 g/mol. The van der Waals surface area contributed by atoms with Gasteiger partial charge in [0.2, 0.25) is 0 Å². The maximum absolute atomic E-state index is 11.6. The lowest BCUT2D eigenvalue weighted by molar-refractivity contribution is -0.150. The summed E-state index contributed by atoms with van der Waals surface area (Å²) in [7, 11) is -3.06. The predicted molar refractivity (Wildman–Crippen MR) is 77.8 cm³/mol. The predicted octanol–water partition coefficient (Wildman–Crippen LogP) is 2.21. The van der Waals surface area contributed by atoms with Crippen LogP contribution < -0.4 is 4.74 Å². The number of carbonyl (C=O) groups is 1. The van der Waals surface area contributed by atoms with Crippen LogP contribution in [0, 0.1) is 0 Å². The van der Waals surface area contributed by atoms with E-state index in [0.29, 0.717) is 17.2 Å². The molecule has 1 saturated heterocycles. The molecule has 1 fully saturated rings. The molecule has 0 spiro atoms. The number of benzene rings is 1. The molecule has 1 heterocycles. The van der Waals surface area contributed by atoms with Crippen LogP contribution >= 0.6 is 27.5 Å². The molecule has 8 heteroatoms. The molecule has 1 aliphatic heterocycles. The van der Waals surface area contributed by atoms with E-state index < -0.39 is 21.9 Å². The van der Waals surface area contributed by atoms with Gasteiger partial charge in [0, 0.05) is 4.47 Å². The van der Waals surface area contributed by atoms with Crippen LogP contribution in [0.4, 0.5) is 0 Å². The highest BCUT2D eigenvalue weighted by molar-refractivity contribution is 9.10. The number of halogens is 2. The fraction of sp³-hybridized carbons (Fsp3) is 0.417. The van der Waals surface area contributed by atoms with Gasteiger partial charge in [-0.25, -0.2) is 13.2 Å². The van der Waals surface area contributed by atoms with E-state index in [1.54, 1.807) is 18.2 Å². The third-order valence-corrected chi connectivity index (χ3v) is 5.25. The van der Waals surface area contributed by atoms with Gasteiger partial charge in [0.25, 0.3) is 0 Å². The van der Waals surface area contributed by atoms with Crippen molar-refractivity contribution in [2.75, 3.05) is 18.1 Å². The van der Waals surface area contributed by atoms with E-state index in [1.165, 1.54) is 0 Å². The number of hydrogen-bond acceptors (Lipinski definition) is 5. The molecule has 0 amide bonds. The number of carbonyl (C=O) groups excluding carboxylic acids is 1. The SMILES string of the molecule is O=C(COc1ccc(Br)cc1Cl)O[C@H]1CCS(=O)(=O)C1. The molecule has 2 rings (SSSR count). The molecular formula is C12H12BrClO5S. The van der Waals surface area contributed by atoms with Crippen LogP contribution in [0.25, 0.3) is 0 Å². The van der Waals surface area contributed by atoms with Gasteiger partial charge < -0.3 is 9.47 Å². The van der Waals surface area contributed by atoms with Crippen LogP contribution in [0.3, 0.4) is 0 Å². The smallest absolute Gasteiger partial charge is 0.344 e. The van der Waals surface area contributed by atoms with Crippen molar-refractivity contribution in [3.8, 4) is 5.75 Å². The van der Waals surface area contributed by atoms with E-state index in [9.17, 15) is 13.2 Å². The Balaban J connectivity index is 1.84. The minimum atomic E-state index is -3.06. The van der Waals surface area contributed by atoms with Crippen LogP contribution in [-0.2, 0) is 19.4 Å². The van der Waals surface area contributed by atoms with Gasteiger partial charge in [-0.3, -0.25) is 0 Å². The summed E-state index contributed by atoms with van der Waals surface area (Å²) >= 11 is 9.19. The standard InChI is InChI=1S/C12H12BrClO5S/c13-8-1-2-11(10(14)5-8)18-6-12(15)19-9-3-4-20(16,17)7-9/h1-2,5,9H,3-4,6-7H2/t9-/m0/s1. The molecule has 0 N–H and O–H groups in total. The fourth-order valence-corrected chi connectivity index (χ4v) is 4.12. The van der Waals surface area contributed by atoms with Crippen molar-refractivity contribution in [3.63, 3.8) is 0 Å². The van der Waals surface area contributed by atoms with E-state index in [-0.39, 0.29) is 18.1 Å². The van der Waals surface area contributed by atoms with E-state index in [0.717, 1.165) is 4.47 Å². The van der Waals surface area contributed by atoms with Gasteiger partial charge in [-0.1, -0.05) is 27.5 Å². The number of ether oxygens (including phenoxy) is 2. The topological polar surface area (TPSA) is 69.7 Å². The highest BCUT2D eigenvalue weighted by Crippen LogP contribution is 2.27. The van der Waals surface area contributed by atoms with Gasteiger partial charge in [0.1, 0.15) is 11.9 Å².